The lowest BCUT2D eigenvalue weighted by atomic mass is 10.1. The standard InChI is InChI=1S/C29H32BrCl2N3O5S/c1-4-16-33-29(37)20(3)34(18-21-6-9-23(31)17-27(21)32)28(36)19-35(24-10-12-25(13-11-24)40-5-2)41(38,39)26-14-7-22(30)8-15-26/h6-15,17,20H,4-5,16,18-19H2,1-3H3,(H,33,37). The van der Waals surface area contributed by atoms with Gasteiger partial charge >= 0.3 is 0 Å². The van der Waals surface area contributed by atoms with E-state index in [9.17, 15) is 18.0 Å². The summed E-state index contributed by atoms with van der Waals surface area (Å²) < 4.78 is 35.0. The Bertz CT molecular complexity index is 1450. The molecule has 3 aromatic carbocycles. The maximum absolute atomic E-state index is 14.0. The third kappa shape index (κ3) is 8.61. The smallest absolute Gasteiger partial charge is 0.264 e. The van der Waals surface area contributed by atoms with Crippen LogP contribution in [0.15, 0.2) is 76.1 Å². The highest BCUT2D eigenvalue weighted by Gasteiger charge is 2.32. The second-order valence-electron chi connectivity index (χ2n) is 9.12. The van der Waals surface area contributed by atoms with Gasteiger partial charge in [-0.15, -0.1) is 0 Å². The van der Waals surface area contributed by atoms with Crippen molar-refractivity contribution < 1.29 is 22.7 Å². The van der Waals surface area contributed by atoms with Gasteiger partial charge in [0, 0.05) is 27.6 Å². The van der Waals surface area contributed by atoms with Crippen LogP contribution >= 0.6 is 39.1 Å². The van der Waals surface area contributed by atoms with Crippen LogP contribution in [0.4, 0.5) is 5.69 Å². The lowest BCUT2D eigenvalue weighted by Gasteiger charge is -2.32. The molecule has 0 aliphatic carbocycles. The van der Waals surface area contributed by atoms with Crippen molar-refractivity contribution in [1.82, 2.24) is 10.2 Å². The Morgan fingerprint density at radius 2 is 1.66 bits per heavy atom. The van der Waals surface area contributed by atoms with Crippen molar-refractivity contribution in [3.8, 4) is 5.75 Å². The Balaban J connectivity index is 2.04. The van der Waals surface area contributed by atoms with E-state index in [-0.39, 0.29) is 23.0 Å². The number of ether oxygens (including phenoxy) is 1. The zero-order chi connectivity index (χ0) is 30.2. The van der Waals surface area contributed by atoms with Crippen molar-refractivity contribution in [2.45, 2.75) is 44.7 Å². The third-order valence-electron chi connectivity index (χ3n) is 6.19. The molecule has 8 nitrogen and oxygen atoms in total. The molecule has 2 amide bonds. The van der Waals surface area contributed by atoms with E-state index in [4.69, 9.17) is 27.9 Å². The van der Waals surface area contributed by atoms with Gasteiger partial charge in [-0.1, -0.05) is 52.1 Å². The number of anilines is 1. The number of amides is 2. The van der Waals surface area contributed by atoms with Gasteiger partial charge in [0.1, 0.15) is 18.3 Å². The summed E-state index contributed by atoms with van der Waals surface area (Å²) in [5, 5.41) is 3.55. The quantitative estimate of drug-likeness (QED) is 0.228. The Morgan fingerprint density at radius 1 is 1.00 bits per heavy atom. The number of nitrogens with one attached hydrogen (secondary N) is 1. The molecule has 1 atom stereocenters. The number of carbonyl (C=O) groups excluding carboxylic acids is 2. The van der Waals surface area contributed by atoms with E-state index in [2.05, 4.69) is 21.2 Å². The maximum atomic E-state index is 14.0. The minimum atomic E-state index is -4.19. The summed E-state index contributed by atoms with van der Waals surface area (Å²) in [4.78, 5) is 28.3. The minimum Gasteiger partial charge on any atom is -0.494 e. The molecule has 0 aliphatic rings. The van der Waals surface area contributed by atoms with Gasteiger partial charge in [0.2, 0.25) is 11.8 Å². The summed E-state index contributed by atoms with van der Waals surface area (Å²) >= 11 is 15.8. The number of benzene rings is 3. The van der Waals surface area contributed by atoms with Gasteiger partial charge in [0.25, 0.3) is 10.0 Å². The molecule has 0 bridgehead atoms. The fourth-order valence-corrected chi connectivity index (χ4v) is 6.10. The average molecular weight is 685 g/mol. The summed E-state index contributed by atoms with van der Waals surface area (Å²) in [6.45, 7) is 5.63. The van der Waals surface area contributed by atoms with Gasteiger partial charge in [-0.05, 0) is 86.5 Å². The van der Waals surface area contributed by atoms with Gasteiger partial charge in [-0.25, -0.2) is 8.42 Å². The molecule has 0 spiro atoms. The zero-order valence-corrected chi connectivity index (χ0v) is 26.9. The van der Waals surface area contributed by atoms with Crippen molar-refractivity contribution in [3.05, 3.63) is 86.8 Å². The third-order valence-corrected chi connectivity index (χ3v) is 9.09. The number of sulfonamides is 1. The first kappa shape index (κ1) is 32.7. The van der Waals surface area contributed by atoms with Crippen LogP contribution in [-0.2, 0) is 26.2 Å². The number of carbonyl (C=O) groups is 2. The van der Waals surface area contributed by atoms with Crippen LogP contribution in [0.25, 0.3) is 0 Å². The summed E-state index contributed by atoms with van der Waals surface area (Å²) in [6.07, 6.45) is 0.715. The highest BCUT2D eigenvalue weighted by Crippen LogP contribution is 2.28. The van der Waals surface area contributed by atoms with Gasteiger partial charge < -0.3 is 15.0 Å². The first-order chi connectivity index (χ1) is 19.5. The van der Waals surface area contributed by atoms with E-state index >= 15 is 0 Å². The van der Waals surface area contributed by atoms with Gasteiger partial charge in [-0.2, -0.15) is 0 Å². The van der Waals surface area contributed by atoms with Crippen LogP contribution in [0.3, 0.4) is 0 Å². The van der Waals surface area contributed by atoms with E-state index in [1.54, 1.807) is 61.5 Å². The first-order valence-electron chi connectivity index (χ1n) is 13.0. The van der Waals surface area contributed by atoms with Crippen molar-refractivity contribution in [1.29, 1.82) is 0 Å². The predicted octanol–water partition coefficient (Wildman–Crippen LogP) is 6.29. The van der Waals surface area contributed by atoms with Crippen LogP contribution in [0.2, 0.25) is 10.0 Å². The molecule has 0 saturated heterocycles. The topological polar surface area (TPSA) is 96.0 Å². The molecule has 41 heavy (non-hydrogen) atoms. The summed E-state index contributed by atoms with van der Waals surface area (Å²) in [5.74, 6) is -0.401. The summed E-state index contributed by atoms with van der Waals surface area (Å²) in [7, 11) is -4.19. The zero-order valence-electron chi connectivity index (χ0n) is 22.9. The normalized spacial score (nSPS) is 12.0. The van der Waals surface area contributed by atoms with E-state index in [1.807, 2.05) is 13.8 Å². The Kier molecular flexibility index (Phi) is 11.9. The number of halogens is 3. The molecular formula is C29H32BrCl2N3O5S. The van der Waals surface area contributed by atoms with E-state index < -0.39 is 28.5 Å². The van der Waals surface area contributed by atoms with E-state index in [0.29, 0.717) is 45.4 Å². The highest BCUT2D eigenvalue weighted by molar-refractivity contribution is 9.10. The SMILES string of the molecule is CCCNC(=O)C(C)N(Cc1ccc(Cl)cc1Cl)C(=O)CN(c1ccc(OCC)cc1)S(=O)(=O)c1ccc(Br)cc1. The van der Waals surface area contributed by atoms with Crippen LogP contribution in [0.5, 0.6) is 5.75 Å². The van der Waals surface area contributed by atoms with Crippen molar-refractivity contribution in [2.75, 3.05) is 24.0 Å². The monoisotopic (exact) mass is 683 g/mol. The van der Waals surface area contributed by atoms with Gasteiger partial charge in [0.05, 0.1) is 17.2 Å². The molecule has 1 unspecified atom stereocenters. The highest BCUT2D eigenvalue weighted by atomic mass is 79.9. The maximum Gasteiger partial charge on any atom is 0.264 e. The molecule has 0 aliphatic heterocycles. The average Bonchev–Trinajstić information content (AvgIpc) is 2.94. The molecule has 0 radical (unpaired) electrons. The summed E-state index contributed by atoms with van der Waals surface area (Å²) in [5.41, 5.74) is 0.820. The second kappa shape index (κ2) is 14.9. The number of nitrogens with zero attached hydrogens (tertiary/aromatic N) is 2. The molecule has 12 heteroatoms. The largest absolute Gasteiger partial charge is 0.494 e. The van der Waals surface area contributed by atoms with Crippen LogP contribution in [0.1, 0.15) is 32.8 Å². The van der Waals surface area contributed by atoms with Gasteiger partial charge in [-0.3, -0.25) is 13.9 Å². The number of hydrogen-bond acceptors (Lipinski definition) is 5. The van der Waals surface area contributed by atoms with Crippen LogP contribution in [0, 0.1) is 0 Å². The fraction of sp³-hybridized carbons (Fsp3) is 0.310. The second-order valence-corrected chi connectivity index (χ2v) is 12.7. The molecule has 0 fully saturated rings. The van der Waals surface area contributed by atoms with Crippen LogP contribution < -0.4 is 14.4 Å². The van der Waals surface area contributed by atoms with Crippen molar-refractivity contribution in [3.63, 3.8) is 0 Å². The van der Waals surface area contributed by atoms with E-state index in [1.165, 1.54) is 17.0 Å². The van der Waals surface area contributed by atoms with E-state index in [0.717, 1.165) is 4.31 Å². The Labute approximate surface area is 259 Å². The lowest BCUT2D eigenvalue weighted by molar-refractivity contribution is -0.139. The van der Waals surface area contributed by atoms with Crippen molar-refractivity contribution in [2.24, 2.45) is 0 Å². The molecule has 0 saturated carbocycles. The Morgan fingerprint density at radius 3 is 2.24 bits per heavy atom. The summed E-state index contributed by atoms with van der Waals surface area (Å²) in [6, 6.07) is 16.5. The molecule has 220 valence electrons. The molecule has 0 heterocycles. The molecule has 1 N–H and O–H groups in total. The molecule has 0 aromatic heterocycles. The van der Waals surface area contributed by atoms with Crippen molar-refractivity contribution >= 4 is 66.7 Å². The number of hydrogen-bond donors (Lipinski definition) is 1. The molecule has 3 aromatic rings. The molecule has 3 rings (SSSR count). The van der Waals surface area contributed by atoms with Gasteiger partial charge in [0.15, 0.2) is 0 Å². The molecular weight excluding hydrogens is 653 g/mol. The van der Waals surface area contributed by atoms with Crippen LogP contribution in [-0.4, -0.2) is 50.9 Å². The first-order valence-corrected chi connectivity index (χ1v) is 16.0. The predicted molar refractivity (Wildman–Crippen MR) is 166 cm³/mol. The number of rotatable bonds is 13. The Hall–Kier alpha value is -2.79. The fourth-order valence-electron chi connectivity index (χ4n) is 3.95. The minimum absolute atomic E-state index is 0.00316. The lowest BCUT2D eigenvalue weighted by Crippen LogP contribution is -2.51.